The molecule has 7 aromatic carbocycles. The first-order chi connectivity index (χ1) is 24.3. The van der Waals surface area contributed by atoms with Crippen LogP contribution in [-0.2, 0) is 0 Å². The Morgan fingerprint density at radius 2 is 1.08 bits per heavy atom. The number of rotatable bonds is 2. The van der Waals surface area contributed by atoms with Crippen molar-refractivity contribution in [1.82, 2.24) is 18.5 Å². The molecule has 0 atom stereocenters. The van der Waals surface area contributed by atoms with Crippen LogP contribution in [-0.4, -0.2) is 18.5 Å². The monoisotopic (exact) mass is 622 g/mol. The molecular formula is C45H26N4. The van der Waals surface area contributed by atoms with Crippen LogP contribution < -0.4 is 0 Å². The number of fused-ring (bicyclic) bond motifs is 15. The highest BCUT2D eigenvalue weighted by molar-refractivity contribution is 6.36. The van der Waals surface area contributed by atoms with E-state index in [1.165, 1.54) is 76.1 Å². The molecule has 12 aromatic rings. The zero-order valence-electron chi connectivity index (χ0n) is 26.3. The van der Waals surface area contributed by atoms with Crippen molar-refractivity contribution < 1.29 is 0 Å². The number of hydrogen-bond donors (Lipinski definition) is 0. The second kappa shape index (κ2) is 9.03. The van der Waals surface area contributed by atoms with Crippen LogP contribution in [0.1, 0.15) is 0 Å². The van der Waals surface area contributed by atoms with E-state index in [0.29, 0.717) is 0 Å². The third kappa shape index (κ3) is 3.12. The van der Waals surface area contributed by atoms with E-state index in [1.54, 1.807) is 0 Å². The largest absolute Gasteiger partial charge is 0.308 e. The van der Waals surface area contributed by atoms with Gasteiger partial charge in [-0.25, -0.2) is 4.98 Å². The number of aromatic nitrogens is 4. The fourth-order valence-corrected chi connectivity index (χ4v) is 8.85. The van der Waals surface area contributed by atoms with Crippen molar-refractivity contribution in [2.75, 3.05) is 0 Å². The summed E-state index contributed by atoms with van der Waals surface area (Å²) >= 11 is 0. The van der Waals surface area contributed by atoms with Crippen LogP contribution in [0.25, 0.3) is 104 Å². The maximum atomic E-state index is 4.89. The van der Waals surface area contributed by atoms with Gasteiger partial charge in [0.05, 0.1) is 33.1 Å². The highest BCUT2D eigenvalue weighted by Gasteiger charge is 2.25. The van der Waals surface area contributed by atoms with Gasteiger partial charge in [-0.1, -0.05) is 84.9 Å². The maximum Gasteiger partial charge on any atom is 0.145 e. The van der Waals surface area contributed by atoms with E-state index < -0.39 is 0 Å². The van der Waals surface area contributed by atoms with Gasteiger partial charge in [0.15, 0.2) is 0 Å². The highest BCUT2D eigenvalue weighted by atomic mass is 15.1. The van der Waals surface area contributed by atoms with E-state index in [9.17, 15) is 0 Å². The Hall–Kier alpha value is -6.65. The average Bonchev–Trinajstić information content (AvgIpc) is 3.89. The van der Waals surface area contributed by atoms with Crippen molar-refractivity contribution in [2.24, 2.45) is 0 Å². The molecule has 0 aliphatic heterocycles. The summed E-state index contributed by atoms with van der Waals surface area (Å²) in [6.07, 6.45) is 1.89. The summed E-state index contributed by atoms with van der Waals surface area (Å²) in [4.78, 5) is 4.89. The number of benzene rings is 7. The Balaban J connectivity index is 1.32. The first kappa shape index (κ1) is 25.4. The molecule has 0 N–H and O–H groups in total. The molecular weight excluding hydrogens is 597 g/mol. The Morgan fingerprint density at radius 3 is 1.96 bits per heavy atom. The van der Waals surface area contributed by atoms with Gasteiger partial charge in [-0.15, -0.1) is 0 Å². The van der Waals surface area contributed by atoms with Crippen LogP contribution in [0.2, 0.25) is 0 Å². The molecule has 0 bridgehead atoms. The molecule has 4 nitrogen and oxygen atoms in total. The standard InChI is InChI=1S/C45H26N4/c1-2-12-28(13-3-1)48-39-23-21-29(25-34(39)32-17-10-24-46-45(32)48)47-40-22-20-27-11-4-5-14-30(27)41(40)36-26-35-31-15-6-8-18-37(31)49-38-19-9-7-16-33(38)42(43(35)49)44(36)47/h1-26H. The number of nitrogens with zero attached hydrogens (tertiary/aromatic N) is 4. The van der Waals surface area contributed by atoms with E-state index in [2.05, 4.69) is 159 Å². The van der Waals surface area contributed by atoms with Gasteiger partial charge in [0.25, 0.3) is 0 Å². The number of para-hydroxylation sites is 3. The minimum atomic E-state index is 0.966. The lowest BCUT2D eigenvalue weighted by Crippen LogP contribution is -1.96. The lowest BCUT2D eigenvalue weighted by Gasteiger charge is -2.11. The van der Waals surface area contributed by atoms with Crippen molar-refractivity contribution >= 4 is 92.6 Å². The van der Waals surface area contributed by atoms with E-state index in [-0.39, 0.29) is 0 Å². The lowest BCUT2D eigenvalue weighted by molar-refractivity contribution is 1.13. The molecule has 49 heavy (non-hydrogen) atoms. The highest BCUT2D eigenvalue weighted by Crippen LogP contribution is 2.48. The molecule has 12 rings (SSSR count). The van der Waals surface area contributed by atoms with Crippen molar-refractivity contribution in [3.8, 4) is 11.4 Å². The van der Waals surface area contributed by atoms with Crippen molar-refractivity contribution in [1.29, 1.82) is 0 Å². The van der Waals surface area contributed by atoms with E-state index in [0.717, 1.165) is 27.9 Å². The van der Waals surface area contributed by atoms with E-state index in [4.69, 9.17) is 4.98 Å². The molecule has 0 spiro atoms. The molecule has 0 fully saturated rings. The average molecular weight is 623 g/mol. The van der Waals surface area contributed by atoms with Crippen LogP contribution in [0.15, 0.2) is 158 Å². The second-order valence-corrected chi connectivity index (χ2v) is 13.2. The molecule has 5 heterocycles. The summed E-state index contributed by atoms with van der Waals surface area (Å²) in [5.41, 5.74) is 10.6. The van der Waals surface area contributed by atoms with Gasteiger partial charge >= 0.3 is 0 Å². The normalized spacial score (nSPS) is 12.5. The predicted molar refractivity (Wildman–Crippen MR) is 205 cm³/mol. The SMILES string of the molecule is c1ccc(-n2c3ccc(-n4c5ccc6ccccc6c5c5cc6c7ccccc7n7c8ccccc8c(c54)c67)cc3c3cccnc32)cc1. The summed E-state index contributed by atoms with van der Waals surface area (Å²) in [7, 11) is 0. The molecule has 0 amide bonds. The molecule has 4 heteroatoms. The van der Waals surface area contributed by atoms with Gasteiger partial charge in [0.2, 0.25) is 0 Å². The fourth-order valence-electron chi connectivity index (χ4n) is 8.85. The Bertz CT molecular complexity index is 3320. The Morgan fingerprint density at radius 1 is 0.367 bits per heavy atom. The minimum absolute atomic E-state index is 0.966. The van der Waals surface area contributed by atoms with Gasteiger partial charge in [-0.05, 0) is 77.5 Å². The van der Waals surface area contributed by atoms with Gasteiger partial charge in [-0.3, -0.25) is 4.57 Å². The smallest absolute Gasteiger partial charge is 0.145 e. The summed E-state index contributed by atoms with van der Waals surface area (Å²) in [5, 5.41) is 12.6. The van der Waals surface area contributed by atoms with Crippen LogP contribution in [0.4, 0.5) is 0 Å². The van der Waals surface area contributed by atoms with Gasteiger partial charge in [-0.2, -0.15) is 0 Å². The summed E-state index contributed by atoms with van der Waals surface area (Å²) in [6, 6.07) is 55.4. The summed E-state index contributed by atoms with van der Waals surface area (Å²) in [6.45, 7) is 0. The quantitative estimate of drug-likeness (QED) is 0.188. The third-order valence-electron chi connectivity index (χ3n) is 10.8. The molecule has 0 aliphatic rings. The van der Waals surface area contributed by atoms with Crippen molar-refractivity contribution in [3.05, 3.63) is 158 Å². The molecule has 226 valence electrons. The number of hydrogen-bond acceptors (Lipinski definition) is 1. The molecule has 0 aliphatic carbocycles. The second-order valence-electron chi connectivity index (χ2n) is 13.2. The minimum Gasteiger partial charge on any atom is -0.308 e. The van der Waals surface area contributed by atoms with E-state index in [1.807, 2.05) is 12.3 Å². The van der Waals surface area contributed by atoms with Crippen molar-refractivity contribution in [3.63, 3.8) is 0 Å². The summed E-state index contributed by atoms with van der Waals surface area (Å²) in [5.74, 6) is 0. The van der Waals surface area contributed by atoms with E-state index >= 15 is 0 Å². The molecule has 0 unspecified atom stereocenters. The van der Waals surface area contributed by atoms with Crippen molar-refractivity contribution in [2.45, 2.75) is 0 Å². The topological polar surface area (TPSA) is 27.2 Å². The maximum absolute atomic E-state index is 4.89. The van der Waals surface area contributed by atoms with Crippen LogP contribution >= 0.6 is 0 Å². The van der Waals surface area contributed by atoms with Gasteiger partial charge in [0.1, 0.15) is 5.65 Å². The van der Waals surface area contributed by atoms with Crippen LogP contribution in [0, 0.1) is 0 Å². The first-order valence-electron chi connectivity index (χ1n) is 16.8. The molecule has 0 saturated heterocycles. The van der Waals surface area contributed by atoms with Gasteiger partial charge < -0.3 is 8.97 Å². The first-order valence-corrected chi connectivity index (χ1v) is 16.8. The molecule has 0 saturated carbocycles. The predicted octanol–water partition coefficient (Wildman–Crippen LogP) is 11.6. The zero-order valence-corrected chi connectivity index (χ0v) is 26.3. The van der Waals surface area contributed by atoms with Gasteiger partial charge in [0, 0.05) is 60.7 Å². The Labute approximate surface area is 279 Å². The van der Waals surface area contributed by atoms with Crippen LogP contribution in [0.3, 0.4) is 0 Å². The Kier molecular flexibility index (Phi) is 4.69. The number of pyridine rings is 1. The van der Waals surface area contributed by atoms with Crippen LogP contribution in [0.5, 0.6) is 0 Å². The zero-order chi connectivity index (χ0) is 31.8. The molecule has 5 aromatic heterocycles. The summed E-state index contributed by atoms with van der Waals surface area (Å²) < 4.78 is 7.29. The third-order valence-corrected chi connectivity index (χ3v) is 10.8. The molecule has 0 radical (unpaired) electrons. The fraction of sp³-hybridized carbons (Fsp3) is 0. The lowest BCUT2D eigenvalue weighted by atomic mass is 10.0.